The summed E-state index contributed by atoms with van der Waals surface area (Å²) in [6, 6.07) is 7.97. The average molecular weight is 313 g/mol. The molecule has 0 bridgehead atoms. The molecule has 0 unspecified atom stereocenters. The first-order valence-corrected chi connectivity index (χ1v) is 8.14. The van der Waals surface area contributed by atoms with E-state index in [9.17, 15) is 0 Å². The summed E-state index contributed by atoms with van der Waals surface area (Å²) in [7, 11) is 1.95. The highest BCUT2D eigenvalue weighted by Gasteiger charge is 2.18. The molecule has 21 heavy (non-hydrogen) atoms. The largest absolute Gasteiger partial charge is 0.448 e. The normalized spacial score (nSPS) is 11.1. The van der Waals surface area contributed by atoms with Gasteiger partial charge in [-0.25, -0.2) is 9.97 Å². The van der Waals surface area contributed by atoms with E-state index in [2.05, 4.69) is 32.9 Å². The number of aromatic nitrogens is 2. The summed E-state index contributed by atoms with van der Waals surface area (Å²) < 4.78 is 5.48. The second-order valence-electron chi connectivity index (χ2n) is 4.51. The Hall–Kier alpha value is -2.18. The zero-order chi connectivity index (χ0) is 14.2. The molecule has 0 atom stereocenters. The van der Waals surface area contributed by atoms with E-state index < -0.39 is 0 Å². The monoisotopic (exact) mass is 313 g/mol. The van der Waals surface area contributed by atoms with Crippen molar-refractivity contribution >= 4 is 44.6 Å². The van der Waals surface area contributed by atoms with Gasteiger partial charge in [-0.1, -0.05) is 6.07 Å². The summed E-state index contributed by atoms with van der Waals surface area (Å²) in [5.41, 5.74) is 1.18. The molecule has 0 saturated carbocycles. The number of hydrogen-bond donors (Lipinski definition) is 0. The van der Waals surface area contributed by atoms with Crippen molar-refractivity contribution in [2.24, 2.45) is 0 Å². The van der Waals surface area contributed by atoms with Crippen LogP contribution in [0.4, 0.5) is 11.7 Å². The molecular weight excluding hydrogens is 302 g/mol. The third-order valence-corrected chi connectivity index (χ3v) is 5.08. The fraction of sp³-hybridized carbons (Fsp3) is 0.0667. The van der Waals surface area contributed by atoms with Crippen LogP contribution < -0.4 is 4.90 Å². The maximum atomic E-state index is 5.48. The fourth-order valence-electron chi connectivity index (χ4n) is 2.29. The van der Waals surface area contributed by atoms with Gasteiger partial charge in [0.2, 0.25) is 5.88 Å². The van der Waals surface area contributed by atoms with Gasteiger partial charge in [-0.05, 0) is 17.5 Å². The summed E-state index contributed by atoms with van der Waals surface area (Å²) in [6.45, 7) is 0. The van der Waals surface area contributed by atoms with Crippen LogP contribution in [0.3, 0.4) is 0 Å². The Morgan fingerprint density at radius 3 is 2.86 bits per heavy atom. The summed E-state index contributed by atoms with van der Waals surface area (Å²) >= 11 is 3.36. The molecule has 0 saturated heterocycles. The van der Waals surface area contributed by atoms with Crippen molar-refractivity contribution in [2.45, 2.75) is 0 Å². The van der Waals surface area contributed by atoms with Crippen molar-refractivity contribution in [1.82, 2.24) is 9.97 Å². The molecule has 0 N–H and O–H groups in total. The molecule has 0 radical (unpaired) electrons. The van der Waals surface area contributed by atoms with Crippen LogP contribution in [-0.4, -0.2) is 17.0 Å². The number of thiophene rings is 2. The number of furan rings is 1. The van der Waals surface area contributed by atoms with Crippen molar-refractivity contribution in [3.8, 4) is 10.4 Å². The highest BCUT2D eigenvalue weighted by Crippen LogP contribution is 2.40. The van der Waals surface area contributed by atoms with Gasteiger partial charge in [0.1, 0.15) is 17.0 Å². The third-order valence-electron chi connectivity index (χ3n) is 3.29. The Morgan fingerprint density at radius 1 is 1.14 bits per heavy atom. The Kier molecular flexibility index (Phi) is 2.98. The van der Waals surface area contributed by atoms with E-state index >= 15 is 0 Å². The molecule has 4 heterocycles. The van der Waals surface area contributed by atoms with Gasteiger partial charge >= 0.3 is 0 Å². The SMILES string of the molecule is CN(c1ccco1)c1ncnc2scc(-c3cccs3)c12. The van der Waals surface area contributed by atoms with E-state index in [-0.39, 0.29) is 0 Å². The molecule has 4 aromatic heterocycles. The minimum absolute atomic E-state index is 0.762. The number of anilines is 2. The quantitative estimate of drug-likeness (QED) is 0.546. The Labute approximate surface area is 129 Å². The third kappa shape index (κ3) is 2.03. The smallest absolute Gasteiger partial charge is 0.200 e. The van der Waals surface area contributed by atoms with Gasteiger partial charge in [-0.2, -0.15) is 0 Å². The van der Waals surface area contributed by atoms with Gasteiger partial charge in [0, 0.05) is 28.9 Å². The minimum atomic E-state index is 0.762. The average Bonchev–Trinajstić information content (AvgIpc) is 3.24. The van der Waals surface area contributed by atoms with E-state index in [0.717, 1.165) is 21.9 Å². The molecule has 0 amide bonds. The molecule has 0 spiro atoms. The maximum Gasteiger partial charge on any atom is 0.200 e. The Balaban J connectivity index is 1.95. The lowest BCUT2D eigenvalue weighted by atomic mass is 10.2. The van der Waals surface area contributed by atoms with Crippen LogP contribution >= 0.6 is 22.7 Å². The number of nitrogens with zero attached hydrogens (tertiary/aromatic N) is 3. The molecule has 4 rings (SSSR count). The van der Waals surface area contributed by atoms with Crippen LogP contribution in [0.2, 0.25) is 0 Å². The van der Waals surface area contributed by atoms with E-state index in [1.807, 2.05) is 24.1 Å². The van der Waals surface area contributed by atoms with E-state index in [0.29, 0.717) is 0 Å². The van der Waals surface area contributed by atoms with Crippen molar-refractivity contribution in [2.75, 3.05) is 11.9 Å². The zero-order valence-electron chi connectivity index (χ0n) is 11.2. The van der Waals surface area contributed by atoms with Crippen LogP contribution in [0.1, 0.15) is 0 Å². The first-order chi connectivity index (χ1) is 10.3. The topological polar surface area (TPSA) is 42.2 Å². The van der Waals surface area contributed by atoms with Gasteiger partial charge < -0.3 is 4.42 Å². The summed E-state index contributed by atoms with van der Waals surface area (Å²) in [4.78, 5) is 13.0. The van der Waals surface area contributed by atoms with Crippen LogP contribution in [0.25, 0.3) is 20.7 Å². The van der Waals surface area contributed by atoms with E-state index in [1.54, 1.807) is 35.3 Å². The van der Waals surface area contributed by atoms with Gasteiger partial charge in [0.15, 0.2) is 0 Å². The van der Waals surface area contributed by atoms with E-state index in [4.69, 9.17) is 4.42 Å². The summed E-state index contributed by atoms with van der Waals surface area (Å²) in [5.74, 6) is 1.62. The van der Waals surface area contributed by atoms with Gasteiger partial charge in [0.25, 0.3) is 0 Å². The molecule has 4 aromatic rings. The number of hydrogen-bond acceptors (Lipinski definition) is 6. The number of fused-ring (bicyclic) bond motifs is 1. The predicted octanol–water partition coefficient (Wildman–Crippen LogP) is 4.78. The highest BCUT2D eigenvalue weighted by molar-refractivity contribution is 7.18. The minimum Gasteiger partial charge on any atom is -0.448 e. The van der Waals surface area contributed by atoms with Crippen LogP contribution in [0, 0.1) is 0 Å². The first kappa shape index (κ1) is 12.6. The molecular formula is C15H11N3OS2. The Morgan fingerprint density at radius 2 is 2.10 bits per heavy atom. The van der Waals surface area contributed by atoms with Crippen molar-refractivity contribution in [3.05, 3.63) is 47.6 Å². The predicted molar refractivity (Wildman–Crippen MR) is 87.5 cm³/mol. The molecule has 6 heteroatoms. The van der Waals surface area contributed by atoms with Crippen LogP contribution in [0.5, 0.6) is 0 Å². The van der Waals surface area contributed by atoms with Gasteiger partial charge in [0.05, 0.1) is 11.6 Å². The van der Waals surface area contributed by atoms with Gasteiger partial charge in [-0.15, -0.1) is 22.7 Å². The summed E-state index contributed by atoms with van der Waals surface area (Å²) in [6.07, 6.45) is 3.27. The van der Waals surface area contributed by atoms with Crippen LogP contribution in [-0.2, 0) is 0 Å². The zero-order valence-corrected chi connectivity index (χ0v) is 12.8. The molecule has 4 nitrogen and oxygen atoms in total. The summed E-state index contributed by atoms with van der Waals surface area (Å²) in [5, 5.41) is 5.30. The second kappa shape index (κ2) is 4.98. The standard InChI is InChI=1S/C15H11N3OS2/c1-18(12-5-2-6-19-12)14-13-10(11-4-3-7-20-11)8-21-15(13)17-9-16-14/h2-9H,1H3. The lowest BCUT2D eigenvalue weighted by molar-refractivity contribution is 0.569. The van der Waals surface area contributed by atoms with E-state index in [1.165, 1.54) is 10.4 Å². The highest BCUT2D eigenvalue weighted by atomic mass is 32.1. The van der Waals surface area contributed by atoms with Crippen molar-refractivity contribution in [1.29, 1.82) is 0 Å². The first-order valence-electron chi connectivity index (χ1n) is 6.38. The number of rotatable bonds is 3. The molecule has 104 valence electrons. The van der Waals surface area contributed by atoms with Gasteiger partial charge in [-0.3, -0.25) is 4.90 Å². The van der Waals surface area contributed by atoms with Crippen molar-refractivity contribution in [3.63, 3.8) is 0 Å². The van der Waals surface area contributed by atoms with Crippen molar-refractivity contribution < 1.29 is 4.42 Å². The molecule has 0 aliphatic heterocycles. The van der Waals surface area contributed by atoms with Crippen LogP contribution in [0.15, 0.2) is 52.0 Å². The second-order valence-corrected chi connectivity index (χ2v) is 6.32. The molecule has 0 fully saturated rings. The Bertz CT molecular complexity index is 866. The lowest BCUT2D eigenvalue weighted by Crippen LogP contribution is -2.10. The molecule has 0 aliphatic rings. The lowest BCUT2D eigenvalue weighted by Gasteiger charge is -2.16. The molecule has 0 aliphatic carbocycles. The fourth-order valence-corrected chi connectivity index (χ4v) is 4.02. The molecule has 0 aromatic carbocycles. The maximum absolute atomic E-state index is 5.48.